The molecule has 0 aliphatic rings. The molecule has 1 aromatic rings. The van der Waals surface area contributed by atoms with Crippen molar-refractivity contribution in [3.05, 3.63) is 34.9 Å². The minimum atomic E-state index is 0.420. The fraction of sp³-hybridized carbons (Fsp3) is 0.182. The molecule has 0 bridgehead atoms. The minimum absolute atomic E-state index is 0.420. The van der Waals surface area contributed by atoms with Gasteiger partial charge < -0.3 is 9.53 Å². The summed E-state index contributed by atoms with van der Waals surface area (Å²) in [5, 5.41) is 0.570. The van der Waals surface area contributed by atoms with Gasteiger partial charge in [0.15, 0.2) is 0 Å². The first-order valence-electron chi connectivity index (χ1n) is 4.21. The Labute approximate surface area is 88.1 Å². The third-order valence-electron chi connectivity index (χ3n) is 1.72. The molecule has 74 valence electrons. The van der Waals surface area contributed by atoms with E-state index in [0.29, 0.717) is 17.2 Å². The van der Waals surface area contributed by atoms with Crippen molar-refractivity contribution in [2.75, 3.05) is 7.11 Å². The van der Waals surface area contributed by atoms with E-state index in [1.807, 2.05) is 12.1 Å². The van der Waals surface area contributed by atoms with Crippen molar-refractivity contribution in [1.82, 2.24) is 0 Å². The van der Waals surface area contributed by atoms with Gasteiger partial charge in [0, 0.05) is 6.42 Å². The number of carbonyl (C=O) groups is 1. The third-order valence-corrected chi connectivity index (χ3v) is 2.01. The Morgan fingerprint density at radius 1 is 1.50 bits per heavy atom. The number of aldehydes is 1. The number of allylic oxidation sites excluding steroid dienone is 1. The zero-order valence-corrected chi connectivity index (χ0v) is 8.62. The maximum absolute atomic E-state index is 10.1. The number of carbonyl (C=O) groups excluding carboxylic acids is 1. The number of ether oxygens (including phenoxy) is 1. The Bertz CT molecular complexity index is 345. The second-order valence-corrected chi connectivity index (χ2v) is 3.11. The second kappa shape index (κ2) is 5.45. The molecule has 1 aromatic carbocycles. The summed E-state index contributed by atoms with van der Waals surface area (Å²) in [6.07, 6.45) is 4.90. The van der Waals surface area contributed by atoms with E-state index in [4.69, 9.17) is 16.3 Å². The summed E-state index contributed by atoms with van der Waals surface area (Å²) in [7, 11) is 1.57. The molecular formula is C11H11ClO2. The van der Waals surface area contributed by atoms with Crippen LogP contribution in [0.5, 0.6) is 5.75 Å². The largest absolute Gasteiger partial charge is 0.495 e. The molecule has 14 heavy (non-hydrogen) atoms. The van der Waals surface area contributed by atoms with Crippen LogP contribution in [0.1, 0.15) is 12.0 Å². The topological polar surface area (TPSA) is 26.3 Å². The predicted molar refractivity (Wildman–Crippen MR) is 57.7 cm³/mol. The summed E-state index contributed by atoms with van der Waals surface area (Å²) in [5.41, 5.74) is 0.956. The first-order chi connectivity index (χ1) is 6.77. The molecule has 0 saturated carbocycles. The molecule has 0 aliphatic heterocycles. The molecule has 0 unspecified atom stereocenters. The molecule has 0 amide bonds. The van der Waals surface area contributed by atoms with Crippen LogP contribution >= 0.6 is 11.6 Å². The SMILES string of the molecule is COc1ccc(/C=C/CC=O)cc1Cl. The third kappa shape index (κ3) is 2.89. The molecule has 0 fully saturated rings. The zero-order chi connectivity index (χ0) is 10.4. The van der Waals surface area contributed by atoms with E-state index >= 15 is 0 Å². The summed E-state index contributed by atoms with van der Waals surface area (Å²) < 4.78 is 5.01. The van der Waals surface area contributed by atoms with E-state index in [0.717, 1.165) is 11.8 Å². The summed E-state index contributed by atoms with van der Waals surface area (Å²) in [5.74, 6) is 0.652. The van der Waals surface area contributed by atoms with E-state index in [-0.39, 0.29) is 0 Å². The van der Waals surface area contributed by atoms with Crippen molar-refractivity contribution < 1.29 is 9.53 Å². The van der Waals surface area contributed by atoms with Crippen LogP contribution in [-0.2, 0) is 4.79 Å². The highest BCUT2D eigenvalue weighted by Gasteiger charge is 1.98. The highest BCUT2D eigenvalue weighted by Crippen LogP contribution is 2.25. The van der Waals surface area contributed by atoms with Gasteiger partial charge in [0.25, 0.3) is 0 Å². The summed E-state index contributed by atoms with van der Waals surface area (Å²) in [6.45, 7) is 0. The minimum Gasteiger partial charge on any atom is -0.495 e. The van der Waals surface area contributed by atoms with E-state index in [9.17, 15) is 4.79 Å². The highest BCUT2D eigenvalue weighted by molar-refractivity contribution is 6.32. The highest BCUT2D eigenvalue weighted by atomic mass is 35.5. The van der Waals surface area contributed by atoms with E-state index in [1.165, 1.54) is 0 Å². The summed E-state index contributed by atoms with van der Waals surface area (Å²) in [6, 6.07) is 5.47. The fourth-order valence-electron chi connectivity index (χ4n) is 1.05. The smallest absolute Gasteiger partial charge is 0.137 e. The van der Waals surface area contributed by atoms with Gasteiger partial charge in [-0.05, 0) is 17.7 Å². The lowest BCUT2D eigenvalue weighted by Gasteiger charge is -2.02. The lowest BCUT2D eigenvalue weighted by molar-refractivity contribution is -0.107. The van der Waals surface area contributed by atoms with E-state index in [2.05, 4.69) is 0 Å². The van der Waals surface area contributed by atoms with Gasteiger partial charge in [-0.25, -0.2) is 0 Å². The number of hydrogen-bond acceptors (Lipinski definition) is 2. The van der Waals surface area contributed by atoms with Crippen LogP contribution in [0.2, 0.25) is 5.02 Å². The zero-order valence-electron chi connectivity index (χ0n) is 7.87. The Morgan fingerprint density at radius 3 is 2.86 bits per heavy atom. The van der Waals surface area contributed by atoms with Crippen molar-refractivity contribution in [3.63, 3.8) is 0 Å². The fourth-order valence-corrected chi connectivity index (χ4v) is 1.31. The van der Waals surface area contributed by atoms with Gasteiger partial charge in [-0.15, -0.1) is 0 Å². The lowest BCUT2D eigenvalue weighted by atomic mass is 10.2. The van der Waals surface area contributed by atoms with Crippen molar-refractivity contribution in [1.29, 1.82) is 0 Å². The Hall–Kier alpha value is -1.28. The van der Waals surface area contributed by atoms with Crippen LogP contribution in [0.3, 0.4) is 0 Å². The quantitative estimate of drug-likeness (QED) is 0.715. The Balaban J connectivity index is 2.80. The Morgan fingerprint density at radius 2 is 2.29 bits per heavy atom. The summed E-state index contributed by atoms with van der Waals surface area (Å²) in [4.78, 5) is 10.1. The molecule has 0 atom stereocenters. The van der Waals surface area contributed by atoms with E-state index < -0.39 is 0 Å². The second-order valence-electron chi connectivity index (χ2n) is 2.70. The molecule has 0 N–H and O–H groups in total. The molecule has 2 nitrogen and oxygen atoms in total. The van der Waals surface area contributed by atoms with Gasteiger partial charge in [-0.3, -0.25) is 0 Å². The van der Waals surface area contributed by atoms with Crippen LogP contribution in [0, 0.1) is 0 Å². The van der Waals surface area contributed by atoms with Gasteiger partial charge in [0.2, 0.25) is 0 Å². The number of methoxy groups -OCH3 is 1. The van der Waals surface area contributed by atoms with Crippen molar-refractivity contribution in [2.45, 2.75) is 6.42 Å². The molecule has 0 aromatic heterocycles. The van der Waals surface area contributed by atoms with Crippen LogP contribution < -0.4 is 4.74 Å². The maximum Gasteiger partial charge on any atom is 0.137 e. The van der Waals surface area contributed by atoms with Crippen molar-refractivity contribution in [3.8, 4) is 5.75 Å². The first kappa shape index (κ1) is 10.8. The Kier molecular flexibility index (Phi) is 4.20. The van der Waals surface area contributed by atoms with Crippen molar-refractivity contribution in [2.24, 2.45) is 0 Å². The van der Waals surface area contributed by atoms with Gasteiger partial charge >= 0.3 is 0 Å². The number of halogens is 1. The summed E-state index contributed by atoms with van der Waals surface area (Å²) >= 11 is 5.91. The molecule has 0 radical (unpaired) electrons. The molecule has 3 heteroatoms. The monoisotopic (exact) mass is 210 g/mol. The number of rotatable bonds is 4. The van der Waals surface area contributed by atoms with Gasteiger partial charge in [-0.2, -0.15) is 0 Å². The number of hydrogen-bond donors (Lipinski definition) is 0. The number of benzene rings is 1. The van der Waals surface area contributed by atoms with Crippen LogP contribution in [0.4, 0.5) is 0 Å². The van der Waals surface area contributed by atoms with Crippen LogP contribution in [0.15, 0.2) is 24.3 Å². The van der Waals surface area contributed by atoms with Gasteiger partial charge in [0.05, 0.1) is 12.1 Å². The van der Waals surface area contributed by atoms with E-state index in [1.54, 1.807) is 25.3 Å². The lowest BCUT2D eigenvalue weighted by Crippen LogP contribution is -1.84. The van der Waals surface area contributed by atoms with Gasteiger partial charge in [0.1, 0.15) is 12.0 Å². The molecule has 0 aliphatic carbocycles. The van der Waals surface area contributed by atoms with Gasteiger partial charge in [-0.1, -0.05) is 29.8 Å². The standard InChI is InChI=1S/C11H11ClO2/c1-14-11-6-5-9(8-10(11)12)4-2-3-7-13/h2,4-8H,3H2,1H3/b4-2+. The maximum atomic E-state index is 10.1. The van der Waals surface area contributed by atoms with Crippen molar-refractivity contribution >= 4 is 24.0 Å². The average molecular weight is 211 g/mol. The average Bonchev–Trinajstić information content (AvgIpc) is 2.18. The molecule has 0 heterocycles. The first-order valence-corrected chi connectivity index (χ1v) is 4.59. The normalized spacial score (nSPS) is 10.4. The molecule has 1 rings (SSSR count). The molecule has 0 spiro atoms. The van der Waals surface area contributed by atoms with Crippen LogP contribution in [-0.4, -0.2) is 13.4 Å². The molecule has 0 saturated heterocycles. The predicted octanol–water partition coefficient (Wildman–Crippen LogP) is 2.95. The van der Waals surface area contributed by atoms with Crippen LogP contribution in [0.25, 0.3) is 6.08 Å². The molecular weight excluding hydrogens is 200 g/mol.